The minimum absolute atomic E-state index is 0.230. The van der Waals surface area contributed by atoms with Gasteiger partial charge in [-0.3, -0.25) is 4.98 Å². The van der Waals surface area contributed by atoms with Crippen molar-refractivity contribution in [2.45, 2.75) is 19.5 Å². The van der Waals surface area contributed by atoms with E-state index in [2.05, 4.69) is 20.6 Å². The van der Waals surface area contributed by atoms with Crippen LogP contribution in [0.4, 0.5) is 4.79 Å². The van der Waals surface area contributed by atoms with Crippen LogP contribution in [0, 0.1) is 6.92 Å². The predicted octanol–water partition coefficient (Wildman–Crippen LogP) is 3.44. The van der Waals surface area contributed by atoms with E-state index in [1.165, 1.54) is 0 Å². The summed E-state index contributed by atoms with van der Waals surface area (Å²) >= 11 is 1.57. The largest absolute Gasteiger partial charge is 0.332 e. The maximum absolute atomic E-state index is 12.3. The van der Waals surface area contributed by atoms with Gasteiger partial charge in [-0.25, -0.2) is 9.78 Å². The predicted molar refractivity (Wildman–Crippen MR) is 94.7 cm³/mol. The summed E-state index contributed by atoms with van der Waals surface area (Å²) in [5.74, 6) is 0. The van der Waals surface area contributed by atoms with Crippen molar-refractivity contribution in [2.24, 2.45) is 0 Å². The van der Waals surface area contributed by atoms with Gasteiger partial charge in [-0.2, -0.15) is 0 Å². The molecule has 0 radical (unpaired) electrons. The third kappa shape index (κ3) is 4.17. The molecular weight excluding hydrogens is 320 g/mol. The second-order valence-corrected chi connectivity index (χ2v) is 6.37. The molecule has 2 N–H and O–H groups in total. The fraction of sp³-hybridized carbons (Fsp3) is 0.167. The minimum atomic E-state index is -0.230. The van der Waals surface area contributed by atoms with E-state index >= 15 is 0 Å². The van der Waals surface area contributed by atoms with Crippen LogP contribution in [0.3, 0.4) is 0 Å². The number of carbonyl (C=O) groups excluding carboxylic acids is 1. The molecular formula is C18H18N4OS. The van der Waals surface area contributed by atoms with E-state index in [0.29, 0.717) is 6.54 Å². The molecule has 5 nitrogen and oxygen atoms in total. The molecule has 2 amide bonds. The Kier molecular flexibility index (Phi) is 5.18. The molecule has 0 spiro atoms. The number of pyridine rings is 1. The summed E-state index contributed by atoms with van der Waals surface area (Å²) in [5, 5.41) is 8.83. The van der Waals surface area contributed by atoms with Gasteiger partial charge in [0.1, 0.15) is 0 Å². The first kappa shape index (κ1) is 16.1. The molecule has 0 saturated carbocycles. The molecule has 1 aromatic carbocycles. The van der Waals surface area contributed by atoms with Gasteiger partial charge in [0, 0.05) is 17.8 Å². The van der Waals surface area contributed by atoms with Gasteiger partial charge in [0.25, 0.3) is 0 Å². The molecule has 0 fully saturated rings. The molecule has 3 rings (SSSR count). The van der Waals surface area contributed by atoms with Gasteiger partial charge >= 0.3 is 6.03 Å². The highest BCUT2D eigenvalue weighted by atomic mass is 32.1. The zero-order chi connectivity index (χ0) is 16.8. The number of benzene rings is 1. The Morgan fingerprint density at radius 3 is 2.50 bits per heavy atom. The summed E-state index contributed by atoms with van der Waals surface area (Å²) in [4.78, 5) is 20.7. The molecule has 122 valence electrons. The van der Waals surface area contributed by atoms with Gasteiger partial charge in [-0.15, -0.1) is 11.3 Å². The molecule has 0 aliphatic rings. The Bertz CT molecular complexity index is 750. The third-order valence-corrected chi connectivity index (χ3v) is 4.37. The fourth-order valence-corrected chi connectivity index (χ4v) is 3.02. The van der Waals surface area contributed by atoms with Crippen LogP contribution >= 0.6 is 11.3 Å². The first-order valence-electron chi connectivity index (χ1n) is 7.62. The summed E-state index contributed by atoms with van der Waals surface area (Å²) in [6, 6.07) is 13.2. The lowest BCUT2D eigenvalue weighted by atomic mass is 10.00. The number of amides is 2. The van der Waals surface area contributed by atoms with E-state index in [4.69, 9.17) is 0 Å². The van der Waals surface area contributed by atoms with Crippen molar-refractivity contribution in [1.29, 1.82) is 0 Å². The van der Waals surface area contributed by atoms with Crippen LogP contribution in [0.5, 0.6) is 0 Å². The summed E-state index contributed by atoms with van der Waals surface area (Å²) < 4.78 is 0. The van der Waals surface area contributed by atoms with E-state index in [0.717, 1.165) is 21.8 Å². The first-order valence-corrected chi connectivity index (χ1v) is 8.50. The average Bonchev–Trinajstić information content (AvgIpc) is 3.05. The number of nitrogens with zero attached hydrogens (tertiary/aromatic N) is 2. The fourth-order valence-electron chi connectivity index (χ4n) is 2.40. The zero-order valence-corrected chi connectivity index (χ0v) is 14.1. The lowest BCUT2D eigenvalue weighted by molar-refractivity contribution is 0.238. The van der Waals surface area contributed by atoms with E-state index in [9.17, 15) is 4.79 Å². The highest BCUT2D eigenvalue weighted by molar-refractivity contribution is 7.09. The minimum Gasteiger partial charge on any atom is -0.332 e. The van der Waals surface area contributed by atoms with Crippen LogP contribution in [0.1, 0.15) is 27.9 Å². The number of hydrogen-bond donors (Lipinski definition) is 2. The van der Waals surface area contributed by atoms with E-state index < -0.39 is 0 Å². The SMILES string of the molecule is Cc1nc(CNC(=O)N[C@H](c2ccccc2)c2ccncc2)cs1. The average molecular weight is 338 g/mol. The van der Waals surface area contributed by atoms with Crippen LogP contribution in [0.15, 0.2) is 60.2 Å². The number of hydrogen-bond acceptors (Lipinski definition) is 4. The van der Waals surface area contributed by atoms with E-state index in [-0.39, 0.29) is 12.1 Å². The molecule has 1 atom stereocenters. The van der Waals surface area contributed by atoms with Crippen LogP contribution < -0.4 is 10.6 Å². The maximum atomic E-state index is 12.3. The molecule has 0 unspecified atom stereocenters. The van der Waals surface area contributed by atoms with Crippen LogP contribution in [-0.2, 0) is 6.54 Å². The lowest BCUT2D eigenvalue weighted by Gasteiger charge is -2.20. The van der Waals surface area contributed by atoms with Gasteiger partial charge in [-0.05, 0) is 30.2 Å². The van der Waals surface area contributed by atoms with Crippen LogP contribution in [0.2, 0.25) is 0 Å². The molecule has 0 bridgehead atoms. The van der Waals surface area contributed by atoms with Crippen molar-refractivity contribution in [3.8, 4) is 0 Å². The summed E-state index contributed by atoms with van der Waals surface area (Å²) in [5.41, 5.74) is 2.87. The van der Waals surface area contributed by atoms with Crippen molar-refractivity contribution in [2.75, 3.05) is 0 Å². The molecule has 2 aromatic heterocycles. The zero-order valence-electron chi connectivity index (χ0n) is 13.3. The summed E-state index contributed by atoms with van der Waals surface area (Å²) in [6.07, 6.45) is 3.45. The van der Waals surface area contributed by atoms with Crippen molar-refractivity contribution >= 4 is 17.4 Å². The molecule has 2 heterocycles. The van der Waals surface area contributed by atoms with E-state index in [1.54, 1.807) is 23.7 Å². The normalized spacial score (nSPS) is 11.7. The van der Waals surface area contributed by atoms with Gasteiger partial charge in [0.2, 0.25) is 0 Å². The van der Waals surface area contributed by atoms with Gasteiger partial charge < -0.3 is 10.6 Å². The molecule has 0 aliphatic carbocycles. The van der Waals surface area contributed by atoms with Crippen molar-refractivity contribution in [3.63, 3.8) is 0 Å². The summed E-state index contributed by atoms with van der Waals surface area (Å²) in [6.45, 7) is 2.36. The second kappa shape index (κ2) is 7.70. The van der Waals surface area contributed by atoms with Crippen molar-refractivity contribution < 1.29 is 4.79 Å². The Labute approximate surface area is 144 Å². The standard InChI is InChI=1S/C18H18N4OS/c1-13-21-16(12-24-13)11-20-18(23)22-17(14-5-3-2-4-6-14)15-7-9-19-10-8-15/h2-10,12,17H,11H2,1H3,(H2,20,22,23)/t17-/m1/s1. The van der Waals surface area contributed by atoms with Gasteiger partial charge in [0.05, 0.1) is 23.3 Å². The third-order valence-electron chi connectivity index (χ3n) is 3.54. The molecule has 0 aliphatic heterocycles. The quantitative estimate of drug-likeness (QED) is 0.749. The van der Waals surface area contributed by atoms with Crippen LogP contribution in [0.25, 0.3) is 0 Å². The Hall–Kier alpha value is -2.73. The Morgan fingerprint density at radius 1 is 1.12 bits per heavy atom. The first-order chi connectivity index (χ1) is 11.7. The molecule has 0 saturated heterocycles. The summed E-state index contributed by atoms with van der Waals surface area (Å²) in [7, 11) is 0. The highest BCUT2D eigenvalue weighted by Crippen LogP contribution is 2.21. The number of nitrogens with one attached hydrogen (secondary N) is 2. The van der Waals surface area contributed by atoms with Gasteiger partial charge in [0.15, 0.2) is 0 Å². The number of thiazole rings is 1. The number of urea groups is 1. The van der Waals surface area contributed by atoms with Crippen molar-refractivity contribution in [3.05, 3.63) is 82.1 Å². The Balaban J connectivity index is 1.71. The number of aromatic nitrogens is 2. The van der Waals surface area contributed by atoms with Crippen molar-refractivity contribution in [1.82, 2.24) is 20.6 Å². The monoisotopic (exact) mass is 338 g/mol. The highest BCUT2D eigenvalue weighted by Gasteiger charge is 2.16. The topological polar surface area (TPSA) is 66.9 Å². The lowest BCUT2D eigenvalue weighted by Crippen LogP contribution is -2.38. The maximum Gasteiger partial charge on any atom is 0.315 e. The Morgan fingerprint density at radius 2 is 1.83 bits per heavy atom. The smallest absolute Gasteiger partial charge is 0.315 e. The van der Waals surface area contributed by atoms with Gasteiger partial charge in [-0.1, -0.05) is 30.3 Å². The number of rotatable bonds is 5. The number of carbonyl (C=O) groups is 1. The van der Waals surface area contributed by atoms with E-state index in [1.807, 2.05) is 54.8 Å². The molecule has 3 aromatic rings. The van der Waals surface area contributed by atoms with Crippen LogP contribution in [-0.4, -0.2) is 16.0 Å². The molecule has 6 heteroatoms. The number of aryl methyl sites for hydroxylation is 1. The second-order valence-electron chi connectivity index (χ2n) is 5.31. The molecule has 24 heavy (non-hydrogen) atoms.